The van der Waals surface area contributed by atoms with Gasteiger partial charge in [-0.15, -0.1) is 0 Å². The molecule has 0 saturated carbocycles. The molecule has 0 aliphatic carbocycles. The maximum Gasteiger partial charge on any atom is 0.356 e. The quantitative estimate of drug-likeness (QED) is 0.775. The second kappa shape index (κ2) is 7.28. The monoisotopic (exact) mass is 377 g/mol. The molecule has 138 valence electrons. The van der Waals surface area contributed by atoms with Crippen LogP contribution in [0.1, 0.15) is 16.9 Å². The first kappa shape index (κ1) is 18.1. The van der Waals surface area contributed by atoms with Crippen LogP contribution in [0.2, 0.25) is 0 Å². The van der Waals surface area contributed by atoms with Crippen LogP contribution in [0.15, 0.2) is 36.4 Å². The molecule has 8 nitrogen and oxygen atoms in total. The molecule has 2 aromatic rings. The van der Waals surface area contributed by atoms with Gasteiger partial charge in [-0.2, -0.15) is 5.10 Å². The fourth-order valence-electron chi connectivity index (χ4n) is 2.77. The minimum atomic E-state index is -3.09. The Bertz CT molecular complexity index is 907. The zero-order chi connectivity index (χ0) is 18.7. The number of carbonyl (C=O) groups is 2. The van der Waals surface area contributed by atoms with Crippen LogP contribution in [0.3, 0.4) is 0 Å². The molecular weight excluding hydrogens is 358 g/mol. The Morgan fingerprint density at radius 1 is 1.31 bits per heavy atom. The van der Waals surface area contributed by atoms with Crippen molar-refractivity contribution in [3.8, 4) is 11.3 Å². The van der Waals surface area contributed by atoms with Gasteiger partial charge >= 0.3 is 5.97 Å². The number of amides is 1. The van der Waals surface area contributed by atoms with Crippen molar-refractivity contribution >= 4 is 21.7 Å². The second-order valence-corrected chi connectivity index (χ2v) is 8.40. The molecule has 0 unspecified atom stereocenters. The van der Waals surface area contributed by atoms with Crippen LogP contribution in [0.25, 0.3) is 11.3 Å². The van der Waals surface area contributed by atoms with Crippen LogP contribution in [0.5, 0.6) is 0 Å². The third-order valence-corrected chi connectivity index (χ3v) is 6.09. The fourth-order valence-corrected chi connectivity index (χ4v) is 4.55. The summed E-state index contributed by atoms with van der Waals surface area (Å²) in [4.78, 5) is 25.5. The van der Waals surface area contributed by atoms with E-state index in [9.17, 15) is 18.0 Å². The number of carbonyl (C=O) groups excluding carboxylic acids is 2. The summed E-state index contributed by atoms with van der Waals surface area (Å²) in [5.74, 6) is -1.11. The molecule has 0 radical (unpaired) electrons. The number of esters is 1. The van der Waals surface area contributed by atoms with Gasteiger partial charge in [0.1, 0.15) is 5.69 Å². The maximum atomic E-state index is 12.1. The smallest absolute Gasteiger partial charge is 0.356 e. The van der Waals surface area contributed by atoms with E-state index >= 15 is 0 Å². The number of aromatic nitrogens is 2. The van der Waals surface area contributed by atoms with E-state index in [0.717, 1.165) is 5.56 Å². The van der Waals surface area contributed by atoms with Crippen LogP contribution in [-0.4, -0.2) is 66.6 Å². The number of H-pyrrole nitrogens is 1. The van der Waals surface area contributed by atoms with Gasteiger partial charge in [0.05, 0.1) is 17.2 Å². The highest BCUT2D eigenvalue weighted by molar-refractivity contribution is 7.91. The van der Waals surface area contributed by atoms with Gasteiger partial charge in [-0.25, -0.2) is 13.2 Å². The van der Waals surface area contributed by atoms with E-state index in [1.165, 1.54) is 11.9 Å². The van der Waals surface area contributed by atoms with Gasteiger partial charge in [-0.3, -0.25) is 9.89 Å². The number of likely N-dealkylation sites (N-methyl/N-ethyl adjacent to an activating group) is 1. The highest BCUT2D eigenvalue weighted by atomic mass is 32.2. The summed E-state index contributed by atoms with van der Waals surface area (Å²) in [5.41, 5.74) is 1.58. The number of benzene rings is 1. The molecule has 1 N–H and O–H groups in total. The number of nitrogens with zero attached hydrogens (tertiary/aromatic N) is 2. The average Bonchev–Trinajstić information content (AvgIpc) is 3.26. The molecule has 0 spiro atoms. The lowest BCUT2D eigenvalue weighted by Gasteiger charge is -2.23. The first-order valence-corrected chi connectivity index (χ1v) is 9.92. The van der Waals surface area contributed by atoms with E-state index in [1.54, 1.807) is 6.07 Å². The Labute approximate surface area is 151 Å². The summed E-state index contributed by atoms with van der Waals surface area (Å²) in [7, 11) is -1.57. The Morgan fingerprint density at radius 3 is 2.69 bits per heavy atom. The van der Waals surface area contributed by atoms with Crippen molar-refractivity contribution in [3.63, 3.8) is 0 Å². The van der Waals surface area contributed by atoms with Crippen molar-refractivity contribution in [1.82, 2.24) is 15.1 Å². The van der Waals surface area contributed by atoms with Crippen molar-refractivity contribution in [3.05, 3.63) is 42.1 Å². The van der Waals surface area contributed by atoms with Gasteiger partial charge in [-0.05, 0) is 12.5 Å². The molecule has 1 saturated heterocycles. The van der Waals surface area contributed by atoms with Crippen LogP contribution in [0, 0.1) is 0 Å². The minimum absolute atomic E-state index is 0.0514. The van der Waals surface area contributed by atoms with Crippen LogP contribution < -0.4 is 0 Å². The minimum Gasteiger partial charge on any atom is -0.451 e. The molecule has 1 aromatic heterocycles. The zero-order valence-electron chi connectivity index (χ0n) is 14.2. The van der Waals surface area contributed by atoms with Crippen molar-refractivity contribution in [1.29, 1.82) is 0 Å². The van der Waals surface area contributed by atoms with Gasteiger partial charge < -0.3 is 9.64 Å². The van der Waals surface area contributed by atoms with Crippen molar-refractivity contribution in [2.24, 2.45) is 0 Å². The van der Waals surface area contributed by atoms with Gasteiger partial charge in [0, 0.05) is 18.7 Å². The Kier molecular flexibility index (Phi) is 5.08. The highest BCUT2D eigenvalue weighted by Crippen LogP contribution is 2.18. The summed E-state index contributed by atoms with van der Waals surface area (Å²) < 4.78 is 28.0. The number of sulfone groups is 1. The number of hydrogen-bond donors (Lipinski definition) is 1. The first-order valence-electron chi connectivity index (χ1n) is 8.10. The highest BCUT2D eigenvalue weighted by Gasteiger charge is 2.33. The molecule has 1 atom stereocenters. The van der Waals surface area contributed by atoms with Crippen LogP contribution in [0.4, 0.5) is 0 Å². The summed E-state index contributed by atoms with van der Waals surface area (Å²) in [6.07, 6.45) is 0.402. The number of hydrogen-bond acceptors (Lipinski definition) is 6. The molecule has 3 rings (SSSR count). The van der Waals surface area contributed by atoms with E-state index in [2.05, 4.69) is 10.2 Å². The summed E-state index contributed by atoms with van der Waals surface area (Å²) in [5, 5.41) is 6.65. The Hall–Kier alpha value is -2.68. The lowest BCUT2D eigenvalue weighted by atomic mass is 10.1. The second-order valence-electron chi connectivity index (χ2n) is 6.17. The number of nitrogens with one attached hydrogen (secondary N) is 1. The fraction of sp³-hybridized carbons (Fsp3) is 0.353. The van der Waals surface area contributed by atoms with Gasteiger partial charge in [0.25, 0.3) is 5.91 Å². The topological polar surface area (TPSA) is 109 Å². The predicted molar refractivity (Wildman–Crippen MR) is 94.1 cm³/mol. The lowest BCUT2D eigenvalue weighted by Crippen LogP contribution is -2.40. The SMILES string of the molecule is CN(C(=O)COC(=O)c1cc(-c2ccccc2)n[nH]1)[C@@H]1CCS(=O)(=O)C1. The number of rotatable bonds is 5. The van der Waals surface area contributed by atoms with E-state index in [4.69, 9.17) is 4.74 Å². The average molecular weight is 377 g/mol. The van der Waals surface area contributed by atoms with Crippen LogP contribution >= 0.6 is 0 Å². The zero-order valence-corrected chi connectivity index (χ0v) is 15.0. The molecule has 1 amide bonds. The molecule has 1 fully saturated rings. The molecule has 26 heavy (non-hydrogen) atoms. The predicted octanol–water partition coefficient (Wildman–Crippen LogP) is 0.879. The van der Waals surface area contributed by atoms with E-state index in [0.29, 0.717) is 12.1 Å². The van der Waals surface area contributed by atoms with Crippen molar-refractivity contribution in [2.45, 2.75) is 12.5 Å². The van der Waals surface area contributed by atoms with Gasteiger partial charge in [0.15, 0.2) is 16.4 Å². The Morgan fingerprint density at radius 2 is 2.04 bits per heavy atom. The summed E-state index contributed by atoms with van der Waals surface area (Å²) in [6.45, 7) is -0.453. The van der Waals surface area contributed by atoms with E-state index < -0.39 is 28.3 Å². The largest absolute Gasteiger partial charge is 0.451 e. The normalized spacial score (nSPS) is 18.4. The van der Waals surface area contributed by atoms with E-state index in [1.807, 2.05) is 30.3 Å². The standard InChI is InChI=1S/C17H19N3O5S/c1-20(13-7-8-26(23,24)11-13)16(21)10-25-17(22)15-9-14(18-19-15)12-5-3-2-4-6-12/h2-6,9,13H,7-8,10-11H2,1H3,(H,18,19)/t13-/m1/s1. The molecule has 2 heterocycles. The van der Waals surface area contributed by atoms with E-state index in [-0.39, 0.29) is 23.2 Å². The molecule has 0 bridgehead atoms. The molecule has 1 aliphatic rings. The van der Waals surface area contributed by atoms with Gasteiger partial charge in [-0.1, -0.05) is 30.3 Å². The summed E-state index contributed by atoms with van der Waals surface area (Å²) >= 11 is 0. The first-order chi connectivity index (χ1) is 12.4. The maximum absolute atomic E-state index is 12.1. The Balaban J connectivity index is 1.56. The van der Waals surface area contributed by atoms with Gasteiger partial charge in [0.2, 0.25) is 0 Å². The van der Waals surface area contributed by atoms with Crippen LogP contribution in [-0.2, 0) is 19.4 Å². The number of ether oxygens (including phenoxy) is 1. The summed E-state index contributed by atoms with van der Waals surface area (Å²) in [6, 6.07) is 10.5. The molecule has 1 aromatic carbocycles. The third-order valence-electron chi connectivity index (χ3n) is 4.34. The van der Waals surface area contributed by atoms with Crippen molar-refractivity contribution < 1.29 is 22.7 Å². The van der Waals surface area contributed by atoms with Crippen molar-refractivity contribution in [2.75, 3.05) is 25.2 Å². The lowest BCUT2D eigenvalue weighted by molar-refractivity contribution is -0.134. The third kappa shape index (κ3) is 4.10. The molecular formula is C17H19N3O5S. The molecule has 1 aliphatic heterocycles. The molecule has 9 heteroatoms. The number of aromatic amines is 1.